The third kappa shape index (κ3) is 3.18. The van der Waals surface area contributed by atoms with Gasteiger partial charge in [-0.3, -0.25) is 10.1 Å². The monoisotopic (exact) mass is 283 g/mol. The van der Waals surface area contributed by atoms with E-state index in [4.69, 9.17) is 5.11 Å². The van der Waals surface area contributed by atoms with Gasteiger partial charge in [0.2, 0.25) is 0 Å². The predicted octanol–water partition coefficient (Wildman–Crippen LogP) is 2.66. The molecule has 0 radical (unpaired) electrons. The molecule has 2 N–H and O–H groups in total. The Morgan fingerprint density at radius 3 is 2.88 bits per heavy atom. The lowest BCUT2D eigenvalue weighted by molar-refractivity contribution is -0.139. The Labute approximate surface area is 103 Å². The second-order valence-corrected chi connectivity index (χ2v) is 4.33. The Balaban J connectivity index is 2.96. The van der Waals surface area contributed by atoms with Gasteiger partial charge in [-0.1, -0.05) is 34.1 Å². The summed E-state index contributed by atoms with van der Waals surface area (Å²) in [7, 11) is 0. The number of carbonyl (C=O) groups is 1. The molecule has 0 heterocycles. The van der Waals surface area contributed by atoms with Crippen molar-refractivity contribution in [3.63, 3.8) is 0 Å². The maximum Gasteiger partial charge on any atom is 0.325 e. The lowest BCUT2D eigenvalue weighted by Crippen LogP contribution is -2.28. The van der Waals surface area contributed by atoms with Crippen molar-refractivity contribution in [3.05, 3.63) is 46.5 Å². The van der Waals surface area contributed by atoms with Crippen LogP contribution in [0.2, 0.25) is 0 Å². The van der Waals surface area contributed by atoms with Crippen LogP contribution in [0.5, 0.6) is 0 Å². The number of hydrogen-bond donors (Lipinski definition) is 2. The average Bonchev–Trinajstić information content (AvgIpc) is 2.23. The molecular formula is C12H14BrNO2. The molecule has 86 valence electrons. The Kier molecular flexibility index (Phi) is 4.71. The Hall–Kier alpha value is -1.13. The molecule has 0 saturated carbocycles. The van der Waals surface area contributed by atoms with Gasteiger partial charge in [0.05, 0.1) is 0 Å². The van der Waals surface area contributed by atoms with Crippen molar-refractivity contribution in [2.75, 3.05) is 6.54 Å². The van der Waals surface area contributed by atoms with E-state index >= 15 is 0 Å². The minimum absolute atomic E-state index is 0.464. The molecule has 16 heavy (non-hydrogen) atoms. The fourth-order valence-electron chi connectivity index (χ4n) is 1.40. The predicted molar refractivity (Wildman–Crippen MR) is 67.5 cm³/mol. The van der Waals surface area contributed by atoms with Gasteiger partial charge in [0.25, 0.3) is 0 Å². The zero-order valence-electron chi connectivity index (χ0n) is 9.03. The van der Waals surface area contributed by atoms with Gasteiger partial charge in [-0.15, -0.1) is 6.58 Å². The van der Waals surface area contributed by atoms with Gasteiger partial charge < -0.3 is 5.11 Å². The highest BCUT2D eigenvalue weighted by atomic mass is 79.9. The van der Waals surface area contributed by atoms with Crippen LogP contribution in [0.3, 0.4) is 0 Å². The van der Waals surface area contributed by atoms with E-state index in [9.17, 15) is 4.79 Å². The number of aryl methyl sites for hydroxylation is 1. The topological polar surface area (TPSA) is 49.3 Å². The van der Waals surface area contributed by atoms with Gasteiger partial charge in [0.15, 0.2) is 0 Å². The van der Waals surface area contributed by atoms with E-state index in [1.807, 2.05) is 19.1 Å². The van der Waals surface area contributed by atoms with Gasteiger partial charge in [-0.2, -0.15) is 0 Å². The molecule has 1 rings (SSSR count). The van der Waals surface area contributed by atoms with E-state index in [1.54, 1.807) is 12.1 Å². The van der Waals surface area contributed by atoms with E-state index in [0.29, 0.717) is 6.54 Å². The summed E-state index contributed by atoms with van der Waals surface area (Å²) < 4.78 is 0.976. The van der Waals surface area contributed by atoms with Crippen molar-refractivity contribution in [2.45, 2.75) is 13.0 Å². The van der Waals surface area contributed by atoms with Crippen molar-refractivity contribution in [1.82, 2.24) is 5.32 Å². The minimum Gasteiger partial charge on any atom is -0.480 e. The van der Waals surface area contributed by atoms with Crippen molar-refractivity contribution in [3.8, 4) is 0 Å². The molecule has 0 bridgehead atoms. The summed E-state index contributed by atoms with van der Waals surface area (Å²) in [6, 6.07) is 4.82. The third-order valence-corrected chi connectivity index (χ3v) is 3.12. The summed E-state index contributed by atoms with van der Waals surface area (Å²) in [6.07, 6.45) is 1.64. The number of aliphatic carboxylic acids is 1. The molecule has 1 aromatic carbocycles. The molecule has 1 unspecified atom stereocenters. The molecule has 0 aliphatic rings. The lowest BCUT2D eigenvalue weighted by atomic mass is 10.0. The molecule has 0 fully saturated rings. The van der Waals surface area contributed by atoms with Gasteiger partial charge >= 0.3 is 5.97 Å². The van der Waals surface area contributed by atoms with Crippen LogP contribution in [0.15, 0.2) is 35.3 Å². The van der Waals surface area contributed by atoms with E-state index in [1.165, 1.54) is 0 Å². The molecule has 0 aliphatic carbocycles. The van der Waals surface area contributed by atoms with Gasteiger partial charge in [-0.25, -0.2) is 0 Å². The highest BCUT2D eigenvalue weighted by molar-refractivity contribution is 9.10. The van der Waals surface area contributed by atoms with Crippen molar-refractivity contribution in [1.29, 1.82) is 0 Å². The Morgan fingerprint density at radius 1 is 1.69 bits per heavy atom. The van der Waals surface area contributed by atoms with Crippen molar-refractivity contribution >= 4 is 21.9 Å². The summed E-state index contributed by atoms with van der Waals surface area (Å²) in [6.45, 7) is 5.95. The molecule has 0 aromatic heterocycles. The van der Waals surface area contributed by atoms with Crippen LogP contribution in [0.4, 0.5) is 0 Å². The van der Waals surface area contributed by atoms with Gasteiger partial charge in [-0.05, 0) is 24.1 Å². The number of benzene rings is 1. The number of rotatable bonds is 5. The molecule has 0 aliphatic heterocycles. The van der Waals surface area contributed by atoms with Crippen molar-refractivity contribution in [2.24, 2.45) is 0 Å². The fraction of sp³-hybridized carbons (Fsp3) is 0.250. The van der Waals surface area contributed by atoms with Crippen LogP contribution in [0.25, 0.3) is 0 Å². The number of halogens is 1. The molecule has 0 spiro atoms. The summed E-state index contributed by atoms with van der Waals surface area (Å²) in [4.78, 5) is 11.1. The molecule has 3 nitrogen and oxygen atoms in total. The second kappa shape index (κ2) is 5.82. The molecule has 4 heteroatoms. The van der Waals surface area contributed by atoms with E-state index in [-0.39, 0.29) is 0 Å². The Morgan fingerprint density at radius 2 is 2.38 bits per heavy atom. The standard InChI is InChI=1S/C12H14BrNO2/c1-3-6-14-11(12(15)16)9-4-5-10(13)8(2)7-9/h3-5,7,11,14H,1,6H2,2H3,(H,15,16). The SMILES string of the molecule is C=CCNC(C(=O)O)c1ccc(Br)c(C)c1. The molecule has 0 saturated heterocycles. The first-order valence-electron chi connectivity index (χ1n) is 4.89. The molecule has 1 atom stereocenters. The number of nitrogens with one attached hydrogen (secondary N) is 1. The largest absolute Gasteiger partial charge is 0.480 e. The lowest BCUT2D eigenvalue weighted by Gasteiger charge is -2.14. The first-order chi connectivity index (χ1) is 7.56. The Bertz CT molecular complexity index is 404. The van der Waals surface area contributed by atoms with Crippen LogP contribution >= 0.6 is 15.9 Å². The van der Waals surface area contributed by atoms with Gasteiger partial charge in [0.1, 0.15) is 6.04 Å². The molecule has 1 aromatic rings. The average molecular weight is 284 g/mol. The zero-order chi connectivity index (χ0) is 12.1. The number of carboxylic acids is 1. The summed E-state index contributed by atoms with van der Waals surface area (Å²) >= 11 is 3.38. The van der Waals surface area contributed by atoms with Crippen molar-refractivity contribution < 1.29 is 9.90 Å². The second-order valence-electron chi connectivity index (χ2n) is 3.48. The van der Waals surface area contributed by atoms with Crippen LogP contribution in [0.1, 0.15) is 17.2 Å². The van der Waals surface area contributed by atoms with Gasteiger partial charge in [0, 0.05) is 11.0 Å². The van der Waals surface area contributed by atoms with Crippen LogP contribution in [0, 0.1) is 6.92 Å². The van der Waals surface area contributed by atoms with E-state index in [2.05, 4.69) is 27.8 Å². The molecular weight excluding hydrogens is 270 g/mol. The zero-order valence-corrected chi connectivity index (χ0v) is 10.6. The third-order valence-electron chi connectivity index (χ3n) is 2.23. The summed E-state index contributed by atoms with van der Waals surface area (Å²) in [5.74, 6) is -0.886. The van der Waals surface area contributed by atoms with E-state index < -0.39 is 12.0 Å². The van der Waals surface area contributed by atoms with Crippen LogP contribution in [-0.2, 0) is 4.79 Å². The minimum atomic E-state index is -0.886. The van der Waals surface area contributed by atoms with Crippen LogP contribution in [-0.4, -0.2) is 17.6 Å². The normalized spacial score (nSPS) is 12.1. The fourth-order valence-corrected chi connectivity index (χ4v) is 1.64. The number of hydrogen-bond acceptors (Lipinski definition) is 2. The maximum absolute atomic E-state index is 11.1. The smallest absolute Gasteiger partial charge is 0.325 e. The number of carboxylic acid groups (broad SMARTS) is 1. The first kappa shape index (κ1) is 12.9. The summed E-state index contributed by atoms with van der Waals surface area (Å²) in [5.41, 5.74) is 1.76. The quantitative estimate of drug-likeness (QED) is 0.817. The van der Waals surface area contributed by atoms with Crippen LogP contribution < -0.4 is 5.32 Å². The maximum atomic E-state index is 11.1. The first-order valence-corrected chi connectivity index (χ1v) is 5.68. The van der Waals surface area contributed by atoms with E-state index in [0.717, 1.165) is 15.6 Å². The molecule has 0 amide bonds. The highest BCUT2D eigenvalue weighted by Gasteiger charge is 2.18. The summed E-state index contributed by atoms with van der Waals surface area (Å²) in [5, 5.41) is 12.0. The highest BCUT2D eigenvalue weighted by Crippen LogP contribution is 2.21.